The number of carbonyl (C=O) groups excluding carboxylic acids is 2. The lowest BCUT2D eigenvalue weighted by atomic mass is 10.0. The number of thioether (sulfide) groups is 1. The maximum absolute atomic E-state index is 12.9. The molecule has 3 aromatic rings. The summed E-state index contributed by atoms with van der Waals surface area (Å²) in [6.07, 6.45) is 2.00. The smallest absolute Gasteiger partial charge is 0.317 e. The number of nitrogens with zero attached hydrogens (tertiary/aromatic N) is 3. The molecule has 1 atom stereocenters. The monoisotopic (exact) mass is 482 g/mol. The van der Waals surface area contributed by atoms with Gasteiger partial charge in [0, 0.05) is 17.9 Å². The number of nitrogens with one attached hydrogen (secondary N) is 1. The number of aryl methyl sites for hydroxylation is 2. The number of hydrogen-bond donors (Lipinski definition) is 1. The van der Waals surface area contributed by atoms with Gasteiger partial charge in [0.15, 0.2) is 10.4 Å². The van der Waals surface area contributed by atoms with Crippen LogP contribution in [0.2, 0.25) is 0 Å². The summed E-state index contributed by atoms with van der Waals surface area (Å²) in [6, 6.07) is 16.0. The van der Waals surface area contributed by atoms with Crippen molar-refractivity contribution in [2.45, 2.75) is 43.6 Å². The summed E-state index contributed by atoms with van der Waals surface area (Å²) >= 11 is 2.62. The van der Waals surface area contributed by atoms with Gasteiger partial charge in [0.05, 0.1) is 5.75 Å². The molecule has 0 bridgehead atoms. The van der Waals surface area contributed by atoms with Gasteiger partial charge >= 0.3 is 5.97 Å². The SMILES string of the molecule is CCc1ccc(Nc2nnc(SCC(=O)O[C@@H](C)C(=O)N3CCCc4ccccc43)s2)cc1. The summed E-state index contributed by atoms with van der Waals surface area (Å²) in [4.78, 5) is 27.0. The Bertz CT molecular complexity index is 1120. The summed E-state index contributed by atoms with van der Waals surface area (Å²) < 4.78 is 6.07. The van der Waals surface area contributed by atoms with Gasteiger partial charge in [-0.3, -0.25) is 9.59 Å². The molecule has 0 spiro atoms. The highest BCUT2D eigenvalue weighted by atomic mass is 32.2. The molecule has 0 saturated heterocycles. The number of benzene rings is 2. The third-order valence-corrected chi connectivity index (χ3v) is 7.31. The van der Waals surface area contributed by atoms with Crippen molar-refractivity contribution in [3.63, 3.8) is 0 Å². The molecular weight excluding hydrogens is 456 g/mol. The molecule has 0 fully saturated rings. The van der Waals surface area contributed by atoms with Crippen molar-refractivity contribution in [3.05, 3.63) is 59.7 Å². The van der Waals surface area contributed by atoms with E-state index in [9.17, 15) is 9.59 Å². The number of anilines is 3. The Labute approximate surface area is 201 Å². The second-order valence-corrected chi connectivity index (χ2v) is 9.89. The van der Waals surface area contributed by atoms with E-state index < -0.39 is 12.1 Å². The molecule has 0 radical (unpaired) electrons. The predicted molar refractivity (Wildman–Crippen MR) is 132 cm³/mol. The van der Waals surface area contributed by atoms with Gasteiger partial charge in [0.2, 0.25) is 5.13 Å². The van der Waals surface area contributed by atoms with Crippen molar-refractivity contribution < 1.29 is 14.3 Å². The van der Waals surface area contributed by atoms with Crippen LogP contribution >= 0.6 is 23.1 Å². The van der Waals surface area contributed by atoms with Crippen LogP contribution in [0.15, 0.2) is 52.9 Å². The van der Waals surface area contributed by atoms with E-state index in [4.69, 9.17) is 4.74 Å². The number of para-hydroxylation sites is 1. The lowest BCUT2D eigenvalue weighted by Gasteiger charge is -2.31. The average molecular weight is 483 g/mol. The Balaban J connectivity index is 1.27. The normalized spacial score (nSPS) is 13.8. The second-order valence-electron chi connectivity index (χ2n) is 7.69. The van der Waals surface area contributed by atoms with Gasteiger partial charge in [-0.2, -0.15) is 0 Å². The molecular formula is C24H26N4O3S2. The van der Waals surface area contributed by atoms with E-state index in [1.165, 1.54) is 28.7 Å². The first-order valence-electron chi connectivity index (χ1n) is 10.9. The van der Waals surface area contributed by atoms with E-state index in [1.807, 2.05) is 36.4 Å². The average Bonchev–Trinajstić information content (AvgIpc) is 3.29. The number of esters is 1. The largest absolute Gasteiger partial charge is 0.452 e. The van der Waals surface area contributed by atoms with Gasteiger partial charge in [0.1, 0.15) is 0 Å². The van der Waals surface area contributed by atoms with E-state index in [0.29, 0.717) is 16.0 Å². The highest BCUT2D eigenvalue weighted by Crippen LogP contribution is 2.29. The standard InChI is InChI=1S/C24H26N4O3S2/c1-3-17-10-12-19(13-11-17)25-23-26-27-24(33-23)32-15-21(29)31-16(2)22(30)28-14-6-8-18-7-4-5-9-20(18)28/h4-5,7,9-13,16H,3,6,8,14-15H2,1-2H3,(H,25,26)/t16-/m0/s1. The van der Waals surface area contributed by atoms with Crippen LogP contribution in [-0.4, -0.2) is 40.5 Å². The molecule has 7 nitrogen and oxygen atoms in total. The van der Waals surface area contributed by atoms with E-state index in [0.717, 1.165) is 36.2 Å². The number of hydrogen-bond acceptors (Lipinski definition) is 8. The second kappa shape index (κ2) is 10.8. The first kappa shape index (κ1) is 23.3. The minimum atomic E-state index is -0.845. The Morgan fingerprint density at radius 3 is 2.76 bits per heavy atom. The number of fused-ring (bicyclic) bond motifs is 1. The maximum Gasteiger partial charge on any atom is 0.317 e. The highest BCUT2D eigenvalue weighted by molar-refractivity contribution is 8.01. The zero-order valence-corrected chi connectivity index (χ0v) is 20.2. The summed E-state index contributed by atoms with van der Waals surface area (Å²) in [5.41, 5.74) is 4.26. The zero-order chi connectivity index (χ0) is 23.2. The maximum atomic E-state index is 12.9. The molecule has 2 heterocycles. The van der Waals surface area contributed by atoms with Crippen LogP contribution in [0, 0.1) is 0 Å². The van der Waals surface area contributed by atoms with Crippen LogP contribution in [-0.2, 0) is 27.2 Å². The molecule has 33 heavy (non-hydrogen) atoms. The Morgan fingerprint density at radius 2 is 1.97 bits per heavy atom. The van der Waals surface area contributed by atoms with Crippen LogP contribution in [0.1, 0.15) is 31.4 Å². The van der Waals surface area contributed by atoms with Gasteiger partial charge in [-0.25, -0.2) is 0 Å². The van der Waals surface area contributed by atoms with Gasteiger partial charge in [-0.05, 0) is 55.5 Å². The molecule has 1 amide bonds. The molecule has 1 N–H and O–H groups in total. The van der Waals surface area contributed by atoms with E-state index in [1.54, 1.807) is 11.8 Å². The van der Waals surface area contributed by atoms with Crippen molar-refractivity contribution in [2.24, 2.45) is 0 Å². The fourth-order valence-corrected chi connectivity index (χ4v) is 5.20. The number of ether oxygens (including phenoxy) is 1. The van der Waals surface area contributed by atoms with Gasteiger partial charge in [0.25, 0.3) is 5.91 Å². The molecule has 1 aromatic heterocycles. The quantitative estimate of drug-likeness (QED) is 0.363. The van der Waals surface area contributed by atoms with E-state index >= 15 is 0 Å². The Morgan fingerprint density at radius 1 is 1.18 bits per heavy atom. The summed E-state index contributed by atoms with van der Waals surface area (Å²) in [5.74, 6) is -0.586. The van der Waals surface area contributed by atoms with Crippen LogP contribution in [0.4, 0.5) is 16.5 Å². The summed E-state index contributed by atoms with van der Waals surface area (Å²) in [7, 11) is 0. The molecule has 9 heteroatoms. The Hall–Kier alpha value is -2.91. The van der Waals surface area contributed by atoms with Gasteiger partial charge in [-0.1, -0.05) is 60.4 Å². The zero-order valence-electron chi connectivity index (χ0n) is 18.6. The molecule has 1 aliphatic heterocycles. The van der Waals surface area contributed by atoms with Crippen LogP contribution in [0.5, 0.6) is 0 Å². The van der Waals surface area contributed by atoms with Gasteiger partial charge < -0.3 is 15.0 Å². The lowest BCUT2D eigenvalue weighted by Crippen LogP contribution is -2.43. The predicted octanol–water partition coefficient (Wildman–Crippen LogP) is 4.85. The fraction of sp³-hybridized carbons (Fsp3) is 0.333. The van der Waals surface area contributed by atoms with Gasteiger partial charge in [-0.15, -0.1) is 10.2 Å². The molecule has 2 aromatic carbocycles. The minimum absolute atomic E-state index is 0.0635. The first-order valence-corrected chi connectivity index (χ1v) is 12.7. The summed E-state index contributed by atoms with van der Waals surface area (Å²) in [6.45, 7) is 4.37. The van der Waals surface area contributed by atoms with Crippen LogP contribution < -0.4 is 10.2 Å². The van der Waals surface area contributed by atoms with Crippen LogP contribution in [0.3, 0.4) is 0 Å². The first-order chi connectivity index (χ1) is 16.0. The molecule has 0 saturated carbocycles. The number of aromatic nitrogens is 2. The molecule has 0 unspecified atom stereocenters. The van der Waals surface area contributed by atoms with Crippen molar-refractivity contribution >= 4 is 51.5 Å². The third kappa shape index (κ3) is 5.91. The summed E-state index contributed by atoms with van der Waals surface area (Å²) in [5, 5.41) is 12.1. The topological polar surface area (TPSA) is 84.4 Å². The fourth-order valence-electron chi connectivity index (χ4n) is 3.65. The van der Waals surface area contributed by atoms with Crippen molar-refractivity contribution in [3.8, 4) is 0 Å². The Kier molecular flexibility index (Phi) is 7.61. The van der Waals surface area contributed by atoms with Crippen LogP contribution in [0.25, 0.3) is 0 Å². The highest BCUT2D eigenvalue weighted by Gasteiger charge is 2.28. The molecule has 0 aliphatic carbocycles. The number of amides is 1. The lowest BCUT2D eigenvalue weighted by molar-refractivity contribution is -0.151. The van der Waals surface area contributed by atoms with Crippen molar-refractivity contribution in [1.29, 1.82) is 0 Å². The molecule has 1 aliphatic rings. The van der Waals surface area contributed by atoms with E-state index in [-0.39, 0.29) is 11.7 Å². The van der Waals surface area contributed by atoms with Crippen molar-refractivity contribution in [2.75, 3.05) is 22.5 Å². The minimum Gasteiger partial charge on any atom is -0.452 e. The number of carbonyl (C=O) groups is 2. The van der Waals surface area contributed by atoms with E-state index in [2.05, 4.69) is 34.6 Å². The molecule has 172 valence electrons. The van der Waals surface area contributed by atoms with Crippen molar-refractivity contribution in [1.82, 2.24) is 10.2 Å². The third-order valence-electron chi connectivity index (χ3n) is 5.37. The molecule has 4 rings (SSSR count). The number of rotatable bonds is 8.